The summed E-state index contributed by atoms with van der Waals surface area (Å²) < 4.78 is 14.4. The molecule has 0 bridgehead atoms. The van der Waals surface area contributed by atoms with Gasteiger partial charge in [0.15, 0.2) is 0 Å². The summed E-state index contributed by atoms with van der Waals surface area (Å²) in [7, 11) is 7.74. The van der Waals surface area contributed by atoms with E-state index in [-0.39, 0.29) is 23.3 Å². The zero-order valence-corrected chi connectivity index (χ0v) is 17.2. The topological polar surface area (TPSA) is 81.0 Å². The first-order valence-corrected chi connectivity index (χ1v) is 10.0. The standard InChI is InChI=1S/C23H20BFN4O2/c1-11-6-13-12(7-16(11)25)21-19(28-22(13)30)9-26-10-20(21)29(2)23(31)18-8-14-15(24)4-3-5-17(14)27-18/h3-8,20,26-27H,9-10H2,1-2H3,(H,28,30). The van der Waals surface area contributed by atoms with E-state index in [2.05, 4.69) is 15.3 Å². The minimum atomic E-state index is -0.388. The van der Waals surface area contributed by atoms with Crippen LogP contribution in [0.5, 0.6) is 0 Å². The fraction of sp³-hybridized carbons (Fsp3) is 0.217. The van der Waals surface area contributed by atoms with E-state index < -0.39 is 0 Å². The number of nitrogens with zero attached hydrogens (tertiary/aromatic N) is 1. The Morgan fingerprint density at radius 3 is 2.74 bits per heavy atom. The van der Waals surface area contributed by atoms with Gasteiger partial charge >= 0.3 is 0 Å². The maximum absolute atomic E-state index is 14.4. The molecule has 1 aliphatic heterocycles. The molecule has 2 radical (unpaired) electrons. The van der Waals surface area contributed by atoms with Crippen LogP contribution in [0.1, 0.15) is 33.4 Å². The number of amides is 1. The minimum absolute atomic E-state index is 0.220. The molecule has 4 aromatic rings. The van der Waals surface area contributed by atoms with Gasteiger partial charge in [0.1, 0.15) is 19.4 Å². The fourth-order valence-electron chi connectivity index (χ4n) is 4.44. The van der Waals surface area contributed by atoms with Crippen LogP contribution in [0.15, 0.2) is 41.2 Å². The van der Waals surface area contributed by atoms with Crippen LogP contribution in [-0.4, -0.2) is 42.2 Å². The second-order valence-corrected chi connectivity index (χ2v) is 8.05. The number of hydrogen-bond acceptors (Lipinski definition) is 3. The third kappa shape index (κ3) is 3.06. The number of carbonyl (C=O) groups is 1. The molecule has 3 N–H and O–H groups in total. The molecular weight excluding hydrogens is 394 g/mol. The first kappa shape index (κ1) is 19.6. The number of halogens is 1. The number of hydrogen-bond donors (Lipinski definition) is 3. The van der Waals surface area contributed by atoms with Crippen molar-refractivity contribution in [3.8, 4) is 0 Å². The molecule has 154 valence electrons. The SMILES string of the molecule is [B]c1cccc2[nH]c(C(=O)N(C)C3CNCc4[nH]c(=O)c5cc(C)c(F)cc5c43)cc12. The van der Waals surface area contributed by atoms with E-state index >= 15 is 0 Å². The first-order valence-electron chi connectivity index (χ1n) is 10.0. The van der Waals surface area contributed by atoms with Gasteiger partial charge < -0.3 is 20.2 Å². The highest BCUT2D eigenvalue weighted by Gasteiger charge is 2.31. The van der Waals surface area contributed by atoms with Crippen LogP contribution in [0, 0.1) is 12.7 Å². The molecule has 8 heteroatoms. The van der Waals surface area contributed by atoms with E-state index in [9.17, 15) is 14.0 Å². The number of nitrogens with one attached hydrogen (secondary N) is 3. The summed E-state index contributed by atoms with van der Waals surface area (Å²) in [4.78, 5) is 33.6. The van der Waals surface area contributed by atoms with Crippen molar-refractivity contribution in [3.63, 3.8) is 0 Å². The summed E-state index contributed by atoms with van der Waals surface area (Å²) >= 11 is 0. The molecule has 0 fully saturated rings. The van der Waals surface area contributed by atoms with Crippen molar-refractivity contribution in [3.05, 3.63) is 75.1 Å². The Labute approximate surface area is 178 Å². The predicted octanol–water partition coefficient (Wildman–Crippen LogP) is 2.17. The van der Waals surface area contributed by atoms with Crippen molar-refractivity contribution in [1.82, 2.24) is 20.2 Å². The number of H-pyrrole nitrogens is 2. The van der Waals surface area contributed by atoms with Crippen LogP contribution in [0.25, 0.3) is 21.7 Å². The number of pyridine rings is 1. The van der Waals surface area contributed by atoms with Gasteiger partial charge in [-0.1, -0.05) is 17.6 Å². The molecule has 3 heterocycles. The van der Waals surface area contributed by atoms with Crippen LogP contribution < -0.4 is 16.3 Å². The molecule has 2 aromatic carbocycles. The van der Waals surface area contributed by atoms with Crippen LogP contribution in [0.3, 0.4) is 0 Å². The smallest absolute Gasteiger partial charge is 0.270 e. The molecule has 1 atom stereocenters. The lowest BCUT2D eigenvalue weighted by molar-refractivity contribution is 0.0718. The minimum Gasteiger partial charge on any atom is -0.351 e. The Hall–Kier alpha value is -3.39. The van der Waals surface area contributed by atoms with E-state index in [1.807, 2.05) is 12.1 Å². The second kappa shape index (κ2) is 7.09. The average Bonchev–Trinajstić information content (AvgIpc) is 3.19. The van der Waals surface area contributed by atoms with Crippen LogP contribution >= 0.6 is 0 Å². The van der Waals surface area contributed by atoms with Crippen LogP contribution in [-0.2, 0) is 6.54 Å². The molecule has 31 heavy (non-hydrogen) atoms. The Bertz CT molecular complexity index is 1420. The maximum atomic E-state index is 14.4. The van der Waals surface area contributed by atoms with Gasteiger partial charge in [0, 0.05) is 42.3 Å². The van der Waals surface area contributed by atoms with Crippen molar-refractivity contribution in [2.24, 2.45) is 0 Å². The lowest BCUT2D eigenvalue weighted by atomic mass is 9.92. The highest BCUT2D eigenvalue weighted by molar-refractivity contribution is 6.38. The summed E-state index contributed by atoms with van der Waals surface area (Å²) in [5.74, 6) is -0.597. The van der Waals surface area contributed by atoms with Gasteiger partial charge in [-0.3, -0.25) is 9.59 Å². The van der Waals surface area contributed by atoms with Gasteiger partial charge in [0.05, 0.1) is 6.04 Å². The largest absolute Gasteiger partial charge is 0.351 e. The van der Waals surface area contributed by atoms with Gasteiger partial charge in [-0.25, -0.2) is 4.39 Å². The molecule has 0 saturated heterocycles. The summed E-state index contributed by atoms with van der Waals surface area (Å²) in [6.45, 7) is 2.55. The highest BCUT2D eigenvalue weighted by atomic mass is 19.1. The molecule has 6 nitrogen and oxygen atoms in total. The molecular formula is C23H20BFN4O2. The number of likely N-dealkylation sites (N-methyl/N-ethyl adjacent to an activating group) is 1. The molecule has 0 aliphatic carbocycles. The number of fused-ring (bicyclic) bond motifs is 4. The van der Waals surface area contributed by atoms with Crippen molar-refractivity contribution in [2.45, 2.75) is 19.5 Å². The number of benzene rings is 2. The average molecular weight is 414 g/mol. The van der Waals surface area contributed by atoms with Crippen LogP contribution in [0.2, 0.25) is 0 Å². The Balaban J connectivity index is 1.62. The number of rotatable bonds is 2. The molecule has 0 spiro atoms. The summed E-state index contributed by atoms with van der Waals surface area (Å²) in [6.07, 6.45) is 0. The lowest BCUT2D eigenvalue weighted by Gasteiger charge is -2.34. The molecule has 2 aromatic heterocycles. The van der Waals surface area contributed by atoms with Gasteiger partial charge in [0.2, 0.25) is 0 Å². The molecule has 1 unspecified atom stereocenters. The number of aromatic amines is 2. The third-order valence-corrected chi connectivity index (χ3v) is 6.11. The summed E-state index contributed by atoms with van der Waals surface area (Å²) in [5, 5.41) is 4.99. The van der Waals surface area contributed by atoms with Gasteiger partial charge in [0.25, 0.3) is 11.5 Å². The molecule has 0 saturated carbocycles. The molecule has 1 amide bonds. The summed E-state index contributed by atoms with van der Waals surface area (Å²) in [6, 6.07) is 9.80. The second-order valence-electron chi connectivity index (χ2n) is 8.05. The van der Waals surface area contributed by atoms with E-state index in [4.69, 9.17) is 7.85 Å². The monoisotopic (exact) mass is 414 g/mol. The highest BCUT2D eigenvalue weighted by Crippen LogP contribution is 2.32. The zero-order valence-electron chi connectivity index (χ0n) is 17.2. The number of aromatic nitrogens is 2. The summed E-state index contributed by atoms with van der Waals surface area (Å²) in [5.41, 5.74) is 3.36. The normalized spacial score (nSPS) is 15.9. The Morgan fingerprint density at radius 2 is 1.97 bits per heavy atom. The molecule has 1 aliphatic rings. The third-order valence-electron chi connectivity index (χ3n) is 6.11. The Morgan fingerprint density at radius 1 is 1.16 bits per heavy atom. The predicted molar refractivity (Wildman–Crippen MR) is 119 cm³/mol. The quantitative estimate of drug-likeness (QED) is 0.440. The van der Waals surface area contributed by atoms with E-state index in [0.717, 1.165) is 16.5 Å². The van der Waals surface area contributed by atoms with Crippen molar-refractivity contribution >= 4 is 40.9 Å². The fourth-order valence-corrected chi connectivity index (χ4v) is 4.44. The van der Waals surface area contributed by atoms with Gasteiger partial charge in [-0.2, -0.15) is 0 Å². The van der Waals surface area contributed by atoms with E-state index in [1.165, 1.54) is 6.07 Å². The van der Waals surface area contributed by atoms with Gasteiger partial charge in [-0.15, -0.1) is 0 Å². The van der Waals surface area contributed by atoms with E-state index in [0.29, 0.717) is 46.3 Å². The van der Waals surface area contributed by atoms with Crippen molar-refractivity contribution < 1.29 is 9.18 Å². The van der Waals surface area contributed by atoms with Crippen molar-refractivity contribution in [1.29, 1.82) is 0 Å². The number of aryl methyl sites for hydroxylation is 1. The number of carbonyl (C=O) groups excluding carboxylic acids is 1. The van der Waals surface area contributed by atoms with E-state index in [1.54, 1.807) is 37.1 Å². The van der Waals surface area contributed by atoms with Crippen LogP contribution in [0.4, 0.5) is 4.39 Å². The van der Waals surface area contributed by atoms with Crippen molar-refractivity contribution in [2.75, 3.05) is 13.6 Å². The first-order chi connectivity index (χ1) is 14.8. The zero-order chi connectivity index (χ0) is 21.9. The molecule has 5 rings (SSSR count). The maximum Gasteiger partial charge on any atom is 0.270 e. The Kier molecular flexibility index (Phi) is 4.48. The van der Waals surface area contributed by atoms with Gasteiger partial charge in [-0.05, 0) is 47.5 Å². The lowest BCUT2D eigenvalue weighted by Crippen LogP contribution is -2.42.